The van der Waals surface area contributed by atoms with Crippen LogP contribution in [0.5, 0.6) is 0 Å². The molecular formula is C53H32N2S2. The second-order valence-electron chi connectivity index (χ2n) is 14.8. The van der Waals surface area contributed by atoms with Gasteiger partial charge in [0.1, 0.15) is 0 Å². The predicted molar refractivity (Wildman–Crippen MR) is 241 cm³/mol. The summed E-state index contributed by atoms with van der Waals surface area (Å²) in [6.07, 6.45) is 0. The summed E-state index contributed by atoms with van der Waals surface area (Å²) in [5, 5.41) is 4.97. The van der Waals surface area contributed by atoms with Gasteiger partial charge in [0.15, 0.2) is 5.82 Å². The number of rotatable bonds is 5. The van der Waals surface area contributed by atoms with Gasteiger partial charge >= 0.3 is 0 Å². The van der Waals surface area contributed by atoms with E-state index in [0.29, 0.717) is 0 Å². The highest BCUT2D eigenvalue weighted by Gasteiger charge is 2.46. The van der Waals surface area contributed by atoms with Crippen molar-refractivity contribution in [3.05, 3.63) is 216 Å². The Balaban J connectivity index is 1.18. The lowest BCUT2D eigenvalue weighted by Gasteiger charge is -2.33. The lowest BCUT2D eigenvalue weighted by Crippen LogP contribution is -2.28. The molecule has 11 aromatic rings. The summed E-state index contributed by atoms with van der Waals surface area (Å²) >= 11 is 3.67. The van der Waals surface area contributed by atoms with Crippen LogP contribution in [0.15, 0.2) is 194 Å². The number of thiophene rings is 2. The number of benzene rings is 8. The van der Waals surface area contributed by atoms with Crippen molar-refractivity contribution < 1.29 is 0 Å². The lowest BCUT2D eigenvalue weighted by atomic mass is 9.67. The second kappa shape index (κ2) is 12.7. The molecule has 266 valence electrons. The number of nitrogens with zero attached hydrogens (tertiary/aromatic N) is 2. The Morgan fingerprint density at radius 1 is 0.368 bits per heavy atom. The van der Waals surface area contributed by atoms with Crippen molar-refractivity contribution in [1.29, 1.82) is 0 Å². The fourth-order valence-corrected chi connectivity index (χ4v) is 11.8. The smallest absolute Gasteiger partial charge is 0.161 e. The van der Waals surface area contributed by atoms with Gasteiger partial charge in [0.25, 0.3) is 0 Å². The third kappa shape index (κ3) is 4.75. The van der Waals surface area contributed by atoms with Crippen LogP contribution in [0.4, 0.5) is 0 Å². The first kappa shape index (κ1) is 32.5. The van der Waals surface area contributed by atoms with E-state index in [9.17, 15) is 0 Å². The predicted octanol–water partition coefficient (Wildman–Crippen LogP) is 14.6. The number of aromatic nitrogens is 2. The van der Waals surface area contributed by atoms with Gasteiger partial charge in [-0.3, -0.25) is 0 Å². The van der Waals surface area contributed by atoms with E-state index >= 15 is 0 Å². The van der Waals surface area contributed by atoms with Crippen molar-refractivity contribution >= 4 is 63.0 Å². The van der Waals surface area contributed by atoms with Crippen LogP contribution in [-0.4, -0.2) is 9.97 Å². The molecule has 0 atom stereocenters. The van der Waals surface area contributed by atoms with Crippen LogP contribution in [0.3, 0.4) is 0 Å². The van der Waals surface area contributed by atoms with E-state index in [0.717, 1.165) is 33.9 Å². The first-order valence-electron chi connectivity index (χ1n) is 19.3. The molecule has 0 fully saturated rings. The summed E-state index contributed by atoms with van der Waals surface area (Å²) in [5.41, 5.74) is 12.1. The highest BCUT2D eigenvalue weighted by molar-refractivity contribution is 7.26. The third-order valence-corrected chi connectivity index (χ3v) is 14.2. The molecule has 3 heterocycles. The minimum Gasteiger partial charge on any atom is -0.228 e. The van der Waals surface area contributed by atoms with Gasteiger partial charge in [-0.1, -0.05) is 170 Å². The van der Waals surface area contributed by atoms with Crippen LogP contribution in [0.25, 0.3) is 85.4 Å². The third-order valence-electron chi connectivity index (χ3n) is 11.8. The Hall–Kier alpha value is -6.72. The summed E-state index contributed by atoms with van der Waals surface area (Å²) in [4.78, 5) is 11.1. The summed E-state index contributed by atoms with van der Waals surface area (Å²) in [5.74, 6) is 0.732. The first-order chi connectivity index (χ1) is 28.3. The largest absolute Gasteiger partial charge is 0.228 e. The zero-order valence-corrected chi connectivity index (χ0v) is 32.3. The van der Waals surface area contributed by atoms with Gasteiger partial charge in [-0.05, 0) is 57.6 Å². The molecule has 0 spiro atoms. The van der Waals surface area contributed by atoms with Crippen molar-refractivity contribution in [1.82, 2.24) is 9.97 Å². The Labute approximate surface area is 338 Å². The number of hydrogen-bond acceptors (Lipinski definition) is 4. The fraction of sp³-hybridized carbons (Fsp3) is 0.0189. The van der Waals surface area contributed by atoms with Gasteiger partial charge in [0.05, 0.1) is 16.8 Å². The molecule has 0 saturated heterocycles. The van der Waals surface area contributed by atoms with Crippen LogP contribution >= 0.6 is 22.7 Å². The van der Waals surface area contributed by atoms with Crippen molar-refractivity contribution in [3.63, 3.8) is 0 Å². The molecule has 1 aliphatic rings. The van der Waals surface area contributed by atoms with E-state index < -0.39 is 5.41 Å². The van der Waals surface area contributed by atoms with E-state index in [1.807, 2.05) is 22.7 Å². The Kier molecular flexibility index (Phi) is 7.22. The van der Waals surface area contributed by atoms with Gasteiger partial charge in [0, 0.05) is 57.0 Å². The van der Waals surface area contributed by atoms with E-state index in [-0.39, 0.29) is 0 Å². The van der Waals surface area contributed by atoms with Crippen LogP contribution in [0.2, 0.25) is 0 Å². The first-order valence-corrected chi connectivity index (χ1v) is 21.0. The lowest BCUT2D eigenvalue weighted by molar-refractivity contribution is 0.768. The molecule has 0 unspecified atom stereocenters. The molecule has 2 nitrogen and oxygen atoms in total. The van der Waals surface area contributed by atoms with Gasteiger partial charge < -0.3 is 0 Å². The summed E-state index contributed by atoms with van der Waals surface area (Å²) in [6.45, 7) is 0. The average Bonchev–Trinajstić information content (AvgIpc) is 3.95. The normalized spacial score (nSPS) is 13.1. The second-order valence-corrected chi connectivity index (χ2v) is 16.9. The minimum absolute atomic E-state index is 0.507. The molecule has 4 heteroatoms. The Morgan fingerprint density at radius 3 is 1.68 bits per heavy atom. The van der Waals surface area contributed by atoms with E-state index in [1.165, 1.54) is 73.7 Å². The topological polar surface area (TPSA) is 25.8 Å². The maximum absolute atomic E-state index is 5.60. The quantitative estimate of drug-likeness (QED) is 0.175. The minimum atomic E-state index is -0.507. The highest BCUT2D eigenvalue weighted by Crippen LogP contribution is 2.58. The molecule has 0 saturated carbocycles. The molecule has 0 N–H and O–H groups in total. The zero-order chi connectivity index (χ0) is 37.5. The molecule has 57 heavy (non-hydrogen) atoms. The SMILES string of the molecule is c1ccc(C2(c3ccccc3)c3ccccc3-c3c(-c4cc(-c5cccc6c5sc5ccccc56)nc(-c5cccc6sc7ccccc7c56)n4)cccc32)cc1. The molecule has 8 aromatic carbocycles. The van der Waals surface area contributed by atoms with Crippen molar-refractivity contribution in [2.24, 2.45) is 0 Å². The zero-order valence-electron chi connectivity index (χ0n) is 30.7. The van der Waals surface area contributed by atoms with E-state index in [4.69, 9.17) is 9.97 Å². The van der Waals surface area contributed by atoms with Crippen molar-refractivity contribution in [2.45, 2.75) is 5.41 Å². The maximum Gasteiger partial charge on any atom is 0.161 e. The molecule has 12 rings (SSSR count). The van der Waals surface area contributed by atoms with Crippen LogP contribution in [0, 0.1) is 0 Å². The molecule has 0 radical (unpaired) electrons. The van der Waals surface area contributed by atoms with Crippen molar-refractivity contribution in [2.75, 3.05) is 0 Å². The summed E-state index contributed by atoms with van der Waals surface area (Å²) in [6, 6.07) is 70.7. The molecule has 0 aliphatic heterocycles. The molecular weight excluding hydrogens is 729 g/mol. The molecule has 3 aromatic heterocycles. The Morgan fingerprint density at radius 2 is 0.895 bits per heavy atom. The molecule has 0 bridgehead atoms. The molecule has 1 aliphatic carbocycles. The standard InChI is InChI=1S/C53H32N2S2/c1-3-16-33(17-4-1)53(34-18-5-2-6-19-34)42-27-10-7-21-37(42)49-38(24-14-28-43(49)53)44-32-45(39-25-13-23-36-35-20-8-11-29-46(35)57-51(36)39)55-52(54-44)41-26-15-31-48-50(41)40-22-9-12-30-47(40)56-48/h1-32H. The van der Waals surface area contributed by atoms with Gasteiger partial charge in [0.2, 0.25) is 0 Å². The number of hydrogen-bond donors (Lipinski definition) is 0. The van der Waals surface area contributed by atoms with E-state index in [2.05, 4.69) is 194 Å². The van der Waals surface area contributed by atoms with Gasteiger partial charge in [-0.15, -0.1) is 22.7 Å². The Bertz CT molecular complexity index is 3320. The maximum atomic E-state index is 5.60. The van der Waals surface area contributed by atoms with Crippen LogP contribution in [-0.2, 0) is 5.41 Å². The van der Waals surface area contributed by atoms with Gasteiger partial charge in [-0.25, -0.2) is 9.97 Å². The summed E-state index contributed by atoms with van der Waals surface area (Å²) in [7, 11) is 0. The van der Waals surface area contributed by atoms with Crippen LogP contribution in [0.1, 0.15) is 22.3 Å². The summed E-state index contributed by atoms with van der Waals surface area (Å²) < 4.78 is 5.02. The van der Waals surface area contributed by atoms with E-state index in [1.54, 1.807) is 0 Å². The van der Waals surface area contributed by atoms with Crippen molar-refractivity contribution in [3.8, 4) is 45.0 Å². The van der Waals surface area contributed by atoms with Crippen LogP contribution < -0.4 is 0 Å². The molecule has 0 amide bonds. The highest BCUT2D eigenvalue weighted by atomic mass is 32.1. The average molecular weight is 761 g/mol. The fourth-order valence-electron chi connectivity index (χ4n) is 9.46. The monoisotopic (exact) mass is 760 g/mol. The number of fused-ring (bicyclic) bond motifs is 9. The van der Waals surface area contributed by atoms with Gasteiger partial charge in [-0.2, -0.15) is 0 Å².